The third kappa shape index (κ3) is 5.88. The summed E-state index contributed by atoms with van der Waals surface area (Å²) in [6.45, 7) is 0. The highest BCUT2D eigenvalue weighted by Crippen LogP contribution is 2.47. The van der Waals surface area contributed by atoms with Crippen molar-refractivity contribution in [2.45, 2.75) is 0 Å². The number of para-hydroxylation sites is 2. The molecule has 0 amide bonds. The van der Waals surface area contributed by atoms with Crippen LogP contribution < -0.4 is 0 Å². The molecule has 0 atom stereocenters. The normalized spacial score (nSPS) is 11.9. The second-order valence-electron chi connectivity index (χ2n) is 17.3. The maximum atomic E-state index is 6.78. The van der Waals surface area contributed by atoms with Crippen LogP contribution in [-0.2, 0) is 0 Å². The molecule has 0 saturated carbocycles. The molecule has 0 saturated heterocycles. The van der Waals surface area contributed by atoms with Crippen LogP contribution in [0.15, 0.2) is 223 Å². The van der Waals surface area contributed by atoms with Crippen LogP contribution in [0.5, 0.6) is 0 Å². The first-order valence-corrected chi connectivity index (χ1v) is 22.6. The number of aromatic nitrogens is 4. The third-order valence-corrected chi connectivity index (χ3v) is 13.5. The van der Waals surface area contributed by atoms with E-state index in [0.717, 1.165) is 93.5 Å². The van der Waals surface area contributed by atoms with Crippen molar-refractivity contribution in [1.29, 1.82) is 0 Å². The monoisotopic (exact) mass is 852 g/mol. The number of hydrogen-bond acceptors (Lipinski definition) is 5. The Morgan fingerprint density at radius 1 is 0.284 bits per heavy atom. The van der Waals surface area contributed by atoms with E-state index < -0.39 is 0 Å². The summed E-state index contributed by atoms with van der Waals surface area (Å²) in [5.41, 5.74) is 9.47. The largest absolute Gasteiger partial charge is 0.456 e. The lowest BCUT2D eigenvalue weighted by molar-refractivity contribution is 0.669. The molecule has 0 fully saturated rings. The Labute approximate surface area is 384 Å². The van der Waals surface area contributed by atoms with Gasteiger partial charge in [0.2, 0.25) is 0 Å². The fourth-order valence-corrected chi connectivity index (χ4v) is 10.4. The lowest BCUT2D eigenvalue weighted by Gasteiger charge is -2.17. The van der Waals surface area contributed by atoms with Crippen molar-refractivity contribution in [3.8, 4) is 56.5 Å². The number of rotatable bonds is 5. The molecule has 0 aliphatic rings. The van der Waals surface area contributed by atoms with Crippen LogP contribution in [-0.4, -0.2) is 19.9 Å². The lowest BCUT2D eigenvalue weighted by Crippen LogP contribution is -2.00. The molecule has 0 radical (unpaired) electrons. The van der Waals surface area contributed by atoms with Gasteiger partial charge in [0.15, 0.2) is 17.5 Å². The summed E-state index contributed by atoms with van der Waals surface area (Å²) < 4.78 is 6.78. The second kappa shape index (κ2) is 14.7. The minimum absolute atomic E-state index is 0.605. The van der Waals surface area contributed by atoms with E-state index in [1.54, 1.807) is 0 Å². The molecule has 0 aliphatic carbocycles. The van der Waals surface area contributed by atoms with Crippen molar-refractivity contribution in [3.05, 3.63) is 218 Å². The predicted molar refractivity (Wildman–Crippen MR) is 277 cm³/mol. The first-order chi connectivity index (χ1) is 33.2. The molecule has 5 heteroatoms. The van der Waals surface area contributed by atoms with Crippen molar-refractivity contribution < 1.29 is 4.42 Å². The molecule has 3 aromatic heterocycles. The smallest absolute Gasteiger partial charge is 0.164 e. The number of furan rings is 1. The second-order valence-corrected chi connectivity index (χ2v) is 17.3. The van der Waals surface area contributed by atoms with E-state index in [1.165, 1.54) is 32.3 Å². The topological polar surface area (TPSA) is 64.7 Å². The summed E-state index contributed by atoms with van der Waals surface area (Å²) in [6.07, 6.45) is 0. The zero-order chi connectivity index (χ0) is 44.0. The van der Waals surface area contributed by atoms with Gasteiger partial charge in [0.05, 0.1) is 11.2 Å². The van der Waals surface area contributed by atoms with E-state index in [1.807, 2.05) is 36.4 Å². The van der Waals surface area contributed by atoms with Gasteiger partial charge in [-0.05, 0) is 72.9 Å². The summed E-state index contributed by atoms with van der Waals surface area (Å²) in [5.74, 6) is 1.86. The molecule has 0 spiro atoms. The SMILES string of the molecule is c1ccc(-c2nc(-c3ccc(-c4c5c(cc6c(-c7ccc8c9ccccc9c9ccccc9c8c7)nc7ccccc7c46)oc4ccccc45)cc3)nc(-c3cccc4ccccc34)n2)cc1. The Hall–Kier alpha value is -9.06. The Balaban J connectivity index is 1.01. The Bertz CT molecular complexity index is 4290. The van der Waals surface area contributed by atoms with Gasteiger partial charge in [-0.15, -0.1) is 0 Å². The third-order valence-electron chi connectivity index (χ3n) is 13.5. The van der Waals surface area contributed by atoms with E-state index in [4.69, 9.17) is 24.4 Å². The molecule has 3 heterocycles. The van der Waals surface area contributed by atoms with Gasteiger partial charge < -0.3 is 4.42 Å². The highest BCUT2D eigenvalue weighted by Gasteiger charge is 2.23. The van der Waals surface area contributed by atoms with Gasteiger partial charge in [-0.2, -0.15) is 0 Å². The van der Waals surface area contributed by atoms with Crippen LogP contribution in [0.25, 0.3) is 143 Å². The molecular formula is C62H36N4O. The maximum Gasteiger partial charge on any atom is 0.164 e. The van der Waals surface area contributed by atoms with E-state index >= 15 is 0 Å². The van der Waals surface area contributed by atoms with Gasteiger partial charge in [-0.25, -0.2) is 19.9 Å². The lowest BCUT2D eigenvalue weighted by atomic mass is 9.88. The van der Waals surface area contributed by atoms with E-state index in [-0.39, 0.29) is 0 Å². The summed E-state index contributed by atoms with van der Waals surface area (Å²) in [4.78, 5) is 20.9. The number of hydrogen-bond donors (Lipinski definition) is 0. The van der Waals surface area contributed by atoms with Gasteiger partial charge in [-0.3, -0.25) is 0 Å². The average Bonchev–Trinajstić information content (AvgIpc) is 3.78. The molecule has 5 nitrogen and oxygen atoms in total. The fourth-order valence-electron chi connectivity index (χ4n) is 10.4. The molecule has 14 aromatic rings. The first-order valence-electron chi connectivity index (χ1n) is 22.6. The molecule has 0 unspecified atom stereocenters. The zero-order valence-corrected chi connectivity index (χ0v) is 36.0. The minimum Gasteiger partial charge on any atom is -0.456 e. The maximum absolute atomic E-state index is 6.78. The van der Waals surface area contributed by atoms with Gasteiger partial charge >= 0.3 is 0 Å². The molecular weight excluding hydrogens is 817 g/mol. The minimum atomic E-state index is 0.605. The Kier molecular flexibility index (Phi) is 8.21. The van der Waals surface area contributed by atoms with Gasteiger partial charge in [-0.1, -0.05) is 194 Å². The van der Waals surface area contributed by atoms with Crippen LogP contribution in [0.3, 0.4) is 0 Å². The van der Waals surface area contributed by atoms with E-state index in [2.05, 4.69) is 182 Å². The standard InChI is InChI=1S/C62H36N4O/c1-2-16-39(17-3-1)60-64-61(66-62(65-60)48-26-14-18-37-15-4-5-19-42(37)48)40-31-29-38(30-32-40)56-57-49-24-10-12-27-53(49)63-59(52(57)36-55-58(56)50-25-11-13-28-54(50)67-55)41-33-34-47-45-22-7-6-20-43(45)44-21-8-9-23-46(44)51(47)35-41/h1-36H. The van der Waals surface area contributed by atoms with Gasteiger partial charge in [0.25, 0.3) is 0 Å². The summed E-state index contributed by atoms with van der Waals surface area (Å²) in [5, 5.41) is 15.0. The van der Waals surface area contributed by atoms with Gasteiger partial charge in [0.1, 0.15) is 11.2 Å². The highest BCUT2D eigenvalue weighted by atomic mass is 16.3. The quantitative estimate of drug-likeness (QED) is 0.161. The highest BCUT2D eigenvalue weighted by molar-refractivity contribution is 6.29. The molecule has 14 rings (SSSR count). The van der Waals surface area contributed by atoms with Crippen molar-refractivity contribution >= 4 is 86.7 Å². The molecule has 0 bridgehead atoms. The van der Waals surface area contributed by atoms with Crippen molar-refractivity contribution in [2.75, 3.05) is 0 Å². The van der Waals surface area contributed by atoms with Crippen LogP contribution >= 0.6 is 0 Å². The van der Waals surface area contributed by atoms with E-state index in [9.17, 15) is 0 Å². The fraction of sp³-hybridized carbons (Fsp3) is 0. The molecule has 11 aromatic carbocycles. The average molecular weight is 853 g/mol. The summed E-state index contributed by atoms with van der Waals surface area (Å²) in [6, 6.07) is 76.9. The molecule has 67 heavy (non-hydrogen) atoms. The Morgan fingerprint density at radius 3 is 1.57 bits per heavy atom. The zero-order valence-electron chi connectivity index (χ0n) is 36.0. The number of fused-ring (bicyclic) bond motifs is 13. The first kappa shape index (κ1) is 37.3. The van der Waals surface area contributed by atoms with Crippen LogP contribution in [0.4, 0.5) is 0 Å². The van der Waals surface area contributed by atoms with Gasteiger partial charge in [0, 0.05) is 54.7 Å². The Morgan fingerprint density at radius 2 is 0.821 bits per heavy atom. The van der Waals surface area contributed by atoms with Crippen LogP contribution in [0.1, 0.15) is 0 Å². The van der Waals surface area contributed by atoms with E-state index in [0.29, 0.717) is 17.5 Å². The predicted octanol–water partition coefficient (Wildman–Crippen LogP) is 16.4. The molecule has 0 N–H and O–H groups in total. The molecule has 0 aliphatic heterocycles. The molecule has 310 valence electrons. The number of nitrogens with zero attached hydrogens (tertiary/aromatic N) is 4. The number of pyridine rings is 1. The van der Waals surface area contributed by atoms with Crippen LogP contribution in [0.2, 0.25) is 0 Å². The van der Waals surface area contributed by atoms with Crippen LogP contribution in [0, 0.1) is 0 Å². The summed E-state index contributed by atoms with van der Waals surface area (Å²) >= 11 is 0. The summed E-state index contributed by atoms with van der Waals surface area (Å²) in [7, 11) is 0. The van der Waals surface area contributed by atoms with Crippen molar-refractivity contribution in [1.82, 2.24) is 19.9 Å². The van der Waals surface area contributed by atoms with Crippen molar-refractivity contribution in [3.63, 3.8) is 0 Å². The number of benzene rings is 11. The van der Waals surface area contributed by atoms with Crippen molar-refractivity contribution in [2.24, 2.45) is 0 Å².